The van der Waals surface area contributed by atoms with Gasteiger partial charge in [0.25, 0.3) is 0 Å². The monoisotopic (exact) mass is 260 g/mol. The molecule has 1 aromatic rings. The fourth-order valence-electron chi connectivity index (χ4n) is 1.70. The minimum Gasteiger partial charge on any atom is -0.330 e. The van der Waals surface area contributed by atoms with Crippen LogP contribution in [0.3, 0.4) is 0 Å². The molecule has 0 aromatic carbocycles. The molecule has 0 bridgehead atoms. The summed E-state index contributed by atoms with van der Waals surface area (Å²) in [5.41, 5.74) is 6.64. The first-order chi connectivity index (χ1) is 7.82. The van der Waals surface area contributed by atoms with Gasteiger partial charge in [0.15, 0.2) is 0 Å². The molecule has 2 N–H and O–H groups in total. The van der Waals surface area contributed by atoms with E-state index >= 15 is 0 Å². The number of aromatic nitrogens is 2. The summed E-state index contributed by atoms with van der Waals surface area (Å²) in [6.45, 7) is 4.69. The molecule has 0 atom stereocenters. The Labute approximate surface area is 102 Å². The number of rotatable bonds is 5. The molecule has 0 radical (unpaired) electrons. The van der Waals surface area contributed by atoms with Gasteiger partial charge >= 0.3 is 0 Å². The fraction of sp³-hybridized carbons (Fsp3) is 0.700. The Balaban J connectivity index is 3.23. The number of nitrogens with zero attached hydrogens (tertiary/aromatic N) is 3. The summed E-state index contributed by atoms with van der Waals surface area (Å²) in [4.78, 5) is 0.305. The largest absolute Gasteiger partial charge is 0.330 e. The Kier molecular flexibility index (Phi) is 4.29. The van der Waals surface area contributed by atoms with E-state index in [0.717, 1.165) is 6.42 Å². The van der Waals surface area contributed by atoms with Crippen molar-refractivity contribution in [3.8, 4) is 0 Å². The van der Waals surface area contributed by atoms with Crippen molar-refractivity contribution < 1.29 is 8.42 Å². The Morgan fingerprint density at radius 2 is 1.94 bits per heavy atom. The van der Waals surface area contributed by atoms with Crippen molar-refractivity contribution in [2.45, 2.75) is 31.7 Å². The molecule has 0 unspecified atom stereocenters. The van der Waals surface area contributed by atoms with Crippen molar-refractivity contribution in [3.63, 3.8) is 0 Å². The lowest BCUT2D eigenvalue weighted by Gasteiger charge is -2.11. The van der Waals surface area contributed by atoms with E-state index in [2.05, 4.69) is 5.10 Å². The molecule has 6 nitrogen and oxygen atoms in total. The van der Waals surface area contributed by atoms with E-state index in [9.17, 15) is 8.42 Å². The number of aryl methyl sites for hydroxylation is 2. The molecule has 0 fully saturated rings. The summed E-state index contributed by atoms with van der Waals surface area (Å²) < 4.78 is 27.1. The maximum atomic E-state index is 12.1. The van der Waals surface area contributed by atoms with E-state index in [1.54, 1.807) is 18.5 Å². The van der Waals surface area contributed by atoms with Crippen molar-refractivity contribution >= 4 is 10.0 Å². The van der Waals surface area contributed by atoms with Gasteiger partial charge in [-0.1, -0.05) is 0 Å². The topological polar surface area (TPSA) is 81.2 Å². The zero-order chi connectivity index (χ0) is 13.2. The lowest BCUT2D eigenvalue weighted by Crippen LogP contribution is -2.23. The standard InChI is InChI=1S/C10H20N4O2S/c1-8-10(17(15,16)13(3)4)9(2)14(12-8)7-5-6-11/h5-7,11H2,1-4H3. The average Bonchev–Trinajstić information content (AvgIpc) is 2.51. The molecule has 17 heavy (non-hydrogen) atoms. The fourth-order valence-corrected chi connectivity index (χ4v) is 2.95. The van der Waals surface area contributed by atoms with Gasteiger partial charge in [-0.25, -0.2) is 12.7 Å². The summed E-state index contributed by atoms with van der Waals surface area (Å²) in [7, 11) is -0.385. The van der Waals surface area contributed by atoms with E-state index in [0.29, 0.717) is 29.4 Å². The van der Waals surface area contributed by atoms with Gasteiger partial charge in [0.2, 0.25) is 10.0 Å². The summed E-state index contributed by atoms with van der Waals surface area (Å²) in [5.74, 6) is 0. The summed E-state index contributed by atoms with van der Waals surface area (Å²) >= 11 is 0. The highest BCUT2D eigenvalue weighted by atomic mass is 32.2. The minimum atomic E-state index is -3.42. The van der Waals surface area contributed by atoms with Gasteiger partial charge in [0.1, 0.15) is 4.90 Å². The molecular formula is C10H20N4O2S. The van der Waals surface area contributed by atoms with Crippen LogP contribution in [0.5, 0.6) is 0 Å². The van der Waals surface area contributed by atoms with Crippen molar-refractivity contribution in [2.24, 2.45) is 5.73 Å². The van der Waals surface area contributed by atoms with Crippen LogP contribution in [0.4, 0.5) is 0 Å². The molecule has 0 aliphatic rings. The van der Waals surface area contributed by atoms with Crippen LogP contribution in [0.15, 0.2) is 4.90 Å². The number of hydrogen-bond donors (Lipinski definition) is 1. The van der Waals surface area contributed by atoms with Gasteiger partial charge in [-0.2, -0.15) is 5.10 Å². The molecule has 0 saturated carbocycles. The zero-order valence-corrected chi connectivity index (χ0v) is 11.6. The van der Waals surface area contributed by atoms with E-state index in [4.69, 9.17) is 5.73 Å². The highest BCUT2D eigenvalue weighted by Gasteiger charge is 2.26. The van der Waals surface area contributed by atoms with Crippen LogP contribution in [0, 0.1) is 13.8 Å². The second kappa shape index (κ2) is 5.16. The van der Waals surface area contributed by atoms with Gasteiger partial charge in [-0.15, -0.1) is 0 Å². The molecule has 1 aromatic heterocycles. The molecule has 0 aliphatic heterocycles. The minimum absolute atomic E-state index is 0.305. The molecule has 1 rings (SSSR count). The quantitative estimate of drug-likeness (QED) is 0.814. The van der Waals surface area contributed by atoms with Crippen LogP contribution in [-0.4, -0.2) is 43.1 Å². The number of hydrogen-bond acceptors (Lipinski definition) is 4. The second-order valence-corrected chi connectivity index (χ2v) is 6.24. The molecule has 7 heteroatoms. The SMILES string of the molecule is Cc1nn(CCCN)c(C)c1S(=O)(=O)N(C)C. The second-order valence-electron chi connectivity index (χ2n) is 4.15. The van der Waals surface area contributed by atoms with Crippen LogP contribution >= 0.6 is 0 Å². The summed E-state index contributed by atoms with van der Waals surface area (Å²) in [5, 5.41) is 4.25. The molecule has 98 valence electrons. The first kappa shape index (κ1) is 14.1. The average molecular weight is 260 g/mol. The predicted molar refractivity (Wildman–Crippen MR) is 66.2 cm³/mol. The van der Waals surface area contributed by atoms with Crippen LogP contribution in [0.25, 0.3) is 0 Å². The molecule has 0 spiro atoms. The molecule has 0 amide bonds. The molecule has 0 aliphatic carbocycles. The summed E-state index contributed by atoms with van der Waals surface area (Å²) in [6.07, 6.45) is 0.781. The van der Waals surface area contributed by atoms with Crippen LogP contribution in [0.2, 0.25) is 0 Å². The summed E-state index contributed by atoms with van der Waals surface area (Å²) in [6, 6.07) is 0. The van der Waals surface area contributed by atoms with E-state index < -0.39 is 10.0 Å². The lowest BCUT2D eigenvalue weighted by molar-refractivity contribution is 0.518. The van der Waals surface area contributed by atoms with E-state index in [1.165, 1.54) is 18.4 Å². The lowest BCUT2D eigenvalue weighted by atomic mass is 10.4. The highest BCUT2D eigenvalue weighted by molar-refractivity contribution is 7.89. The highest BCUT2D eigenvalue weighted by Crippen LogP contribution is 2.21. The van der Waals surface area contributed by atoms with Crippen molar-refractivity contribution in [3.05, 3.63) is 11.4 Å². The van der Waals surface area contributed by atoms with Crippen LogP contribution in [0.1, 0.15) is 17.8 Å². The Morgan fingerprint density at radius 1 is 1.35 bits per heavy atom. The predicted octanol–water partition coefficient (Wildman–Crippen LogP) is 0.0990. The third kappa shape index (κ3) is 2.67. The Bertz CT molecular complexity index is 491. The zero-order valence-electron chi connectivity index (χ0n) is 10.8. The number of sulfonamides is 1. The first-order valence-electron chi connectivity index (χ1n) is 5.49. The van der Waals surface area contributed by atoms with Crippen molar-refractivity contribution in [1.29, 1.82) is 0 Å². The number of nitrogens with two attached hydrogens (primary N) is 1. The third-order valence-corrected chi connectivity index (χ3v) is 4.70. The van der Waals surface area contributed by atoms with E-state index in [-0.39, 0.29) is 0 Å². The molecular weight excluding hydrogens is 240 g/mol. The maximum absolute atomic E-state index is 12.1. The molecule has 0 saturated heterocycles. The van der Waals surface area contributed by atoms with Gasteiger partial charge in [-0.05, 0) is 26.8 Å². The van der Waals surface area contributed by atoms with Gasteiger partial charge in [-0.3, -0.25) is 4.68 Å². The van der Waals surface area contributed by atoms with Crippen molar-refractivity contribution in [2.75, 3.05) is 20.6 Å². The van der Waals surface area contributed by atoms with Gasteiger partial charge < -0.3 is 5.73 Å². The van der Waals surface area contributed by atoms with Crippen LogP contribution < -0.4 is 5.73 Å². The Morgan fingerprint density at radius 3 is 2.41 bits per heavy atom. The van der Waals surface area contributed by atoms with Gasteiger partial charge in [0, 0.05) is 20.6 Å². The Hall–Kier alpha value is -0.920. The smallest absolute Gasteiger partial charge is 0.246 e. The normalized spacial score (nSPS) is 12.4. The van der Waals surface area contributed by atoms with Crippen molar-refractivity contribution in [1.82, 2.24) is 14.1 Å². The van der Waals surface area contributed by atoms with E-state index in [1.807, 2.05) is 0 Å². The third-order valence-electron chi connectivity index (χ3n) is 2.63. The van der Waals surface area contributed by atoms with Gasteiger partial charge in [0.05, 0.1) is 11.4 Å². The maximum Gasteiger partial charge on any atom is 0.246 e. The molecule has 1 heterocycles. The van der Waals surface area contributed by atoms with Crippen LogP contribution in [-0.2, 0) is 16.6 Å². The first-order valence-corrected chi connectivity index (χ1v) is 6.93.